The van der Waals surface area contributed by atoms with Crippen molar-refractivity contribution in [2.75, 3.05) is 33.4 Å². The van der Waals surface area contributed by atoms with Gasteiger partial charge in [0, 0.05) is 37.9 Å². The van der Waals surface area contributed by atoms with Crippen LogP contribution in [0.3, 0.4) is 0 Å². The van der Waals surface area contributed by atoms with Gasteiger partial charge in [0.1, 0.15) is 0 Å². The van der Waals surface area contributed by atoms with Crippen molar-refractivity contribution in [2.45, 2.75) is 26.3 Å². The highest BCUT2D eigenvalue weighted by atomic mass is 32.1. The number of nitrogens with zero attached hydrogens (tertiary/aromatic N) is 1. The fourth-order valence-electron chi connectivity index (χ4n) is 2.74. The Balaban J connectivity index is 2.17. The minimum absolute atomic E-state index is 0.0363. The third kappa shape index (κ3) is 5.52. The molecule has 2 aromatic rings. The minimum atomic E-state index is -0.133. The molecule has 2 rings (SSSR count). The van der Waals surface area contributed by atoms with Crippen LogP contribution >= 0.6 is 12.2 Å². The number of hydrogen-bond acceptors (Lipinski definition) is 4. The number of aromatic amines is 1. The van der Waals surface area contributed by atoms with E-state index in [0.29, 0.717) is 36.9 Å². The van der Waals surface area contributed by atoms with Gasteiger partial charge in [0.2, 0.25) is 0 Å². The van der Waals surface area contributed by atoms with E-state index in [2.05, 4.69) is 23.3 Å². The van der Waals surface area contributed by atoms with Gasteiger partial charge in [0.25, 0.3) is 5.56 Å². The van der Waals surface area contributed by atoms with Crippen LogP contribution in [0.4, 0.5) is 0 Å². The lowest BCUT2D eigenvalue weighted by Crippen LogP contribution is -2.42. The molecule has 0 saturated heterocycles. The maximum absolute atomic E-state index is 12.4. The maximum atomic E-state index is 12.4. The van der Waals surface area contributed by atoms with Crippen LogP contribution < -0.4 is 10.9 Å². The zero-order valence-electron chi connectivity index (χ0n) is 15.4. The fourth-order valence-corrected chi connectivity index (χ4v) is 3.00. The largest absolute Gasteiger partial charge is 0.395 e. The van der Waals surface area contributed by atoms with Gasteiger partial charge in [-0.1, -0.05) is 13.0 Å². The molecule has 0 spiro atoms. The van der Waals surface area contributed by atoms with Crippen molar-refractivity contribution in [2.24, 2.45) is 0 Å². The lowest BCUT2D eigenvalue weighted by Gasteiger charge is -2.25. The summed E-state index contributed by atoms with van der Waals surface area (Å²) in [4.78, 5) is 17.2. The van der Waals surface area contributed by atoms with Crippen molar-refractivity contribution in [3.05, 3.63) is 45.7 Å². The molecular weight excluding hydrogens is 350 g/mol. The number of fused-ring (bicyclic) bond motifs is 1. The number of aliphatic hydroxyl groups excluding tert-OH is 1. The van der Waals surface area contributed by atoms with Gasteiger partial charge in [-0.3, -0.25) is 4.79 Å². The molecule has 7 heteroatoms. The standard InChI is InChI=1S/C19H27N3O3S/c1-3-14-5-6-17-15(11-14)12-16(18(24)21-17)13-22(8-9-23)19(26)20-7-4-10-25-2/h5-6,11-12,23H,3-4,7-10,13H2,1-2H3,(H,20,26)(H,21,24). The molecular formula is C19H27N3O3S. The maximum Gasteiger partial charge on any atom is 0.253 e. The number of hydrogen-bond donors (Lipinski definition) is 3. The van der Waals surface area contributed by atoms with E-state index in [1.807, 2.05) is 23.1 Å². The van der Waals surface area contributed by atoms with E-state index >= 15 is 0 Å². The van der Waals surface area contributed by atoms with E-state index < -0.39 is 0 Å². The molecule has 0 aliphatic carbocycles. The number of aromatic nitrogens is 1. The predicted molar refractivity (Wildman–Crippen MR) is 109 cm³/mol. The fraction of sp³-hybridized carbons (Fsp3) is 0.474. The van der Waals surface area contributed by atoms with Gasteiger partial charge >= 0.3 is 0 Å². The van der Waals surface area contributed by atoms with Crippen LogP contribution in [0.25, 0.3) is 10.9 Å². The van der Waals surface area contributed by atoms with E-state index in [9.17, 15) is 9.90 Å². The molecule has 0 atom stereocenters. The van der Waals surface area contributed by atoms with Gasteiger partial charge in [0.05, 0.1) is 13.2 Å². The van der Waals surface area contributed by atoms with Crippen molar-refractivity contribution < 1.29 is 9.84 Å². The summed E-state index contributed by atoms with van der Waals surface area (Å²) in [6, 6.07) is 7.96. The predicted octanol–water partition coefficient (Wildman–Crippen LogP) is 1.80. The van der Waals surface area contributed by atoms with Crippen LogP contribution in [-0.2, 0) is 17.7 Å². The highest BCUT2D eigenvalue weighted by molar-refractivity contribution is 7.80. The number of methoxy groups -OCH3 is 1. The SMILES string of the molecule is CCc1ccc2[nH]c(=O)c(CN(CCO)C(=S)NCCCOC)cc2c1. The number of aliphatic hydroxyl groups is 1. The summed E-state index contributed by atoms with van der Waals surface area (Å²) in [5.41, 5.74) is 2.54. The molecule has 0 radical (unpaired) electrons. The van der Waals surface area contributed by atoms with Gasteiger partial charge in [-0.25, -0.2) is 0 Å². The molecule has 1 aromatic carbocycles. The molecule has 26 heavy (non-hydrogen) atoms. The Kier molecular flexibility index (Phi) is 8.03. The summed E-state index contributed by atoms with van der Waals surface area (Å²) in [6.45, 7) is 4.11. The molecule has 3 N–H and O–H groups in total. The topological polar surface area (TPSA) is 77.6 Å². The number of aryl methyl sites for hydroxylation is 1. The Morgan fingerprint density at radius 3 is 2.88 bits per heavy atom. The second-order valence-corrected chi connectivity index (χ2v) is 6.51. The van der Waals surface area contributed by atoms with Crippen LogP contribution in [0, 0.1) is 0 Å². The first kappa shape index (κ1) is 20.4. The summed E-state index contributed by atoms with van der Waals surface area (Å²) in [5.74, 6) is 0. The molecule has 6 nitrogen and oxygen atoms in total. The van der Waals surface area contributed by atoms with Gasteiger partial charge in [-0.15, -0.1) is 0 Å². The summed E-state index contributed by atoms with van der Waals surface area (Å²) in [7, 11) is 1.66. The van der Waals surface area contributed by atoms with Gasteiger partial charge < -0.3 is 25.0 Å². The number of nitrogens with one attached hydrogen (secondary N) is 2. The monoisotopic (exact) mass is 377 g/mol. The van der Waals surface area contributed by atoms with Crippen LogP contribution in [0.2, 0.25) is 0 Å². The first-order valence-electron chi connectivity index (χ1n) is 8.86. The lowest BCUT2D eigenvalue weighted by molar-refractivity contribution is 0.195. The Hall–Kier alpha value is -1.96. The van der Waals surface area contributed by atoms with Crippen LogP contribution in [0.15, 0.2) is 29.1 Å². The molecule has 0 bridgehead atoms. The van der Waals surface area contributed by atoms with Crippen molar-refractivity contribution in [3.63, 3.8) is 0 Å². The summed E-state index contributed by atoms with van der Waals surface area (Å²) in [5, 5.41) is 14.0. The number of benzene rings is 1. The highest BCUT2D eigenvalue weighted by Gasteiger charge is 2.13. The van der Waals surface area contributed by atoms with Gasteiger partial charge in [-0.05, 0) is 54.2 Å². The quantitative estimate of drug-likeness (QED) is 0.457. The molecule has 0 fully saturated rings. The first-order chi connectivity index (χ1) is 12.6. The van der Waals surface area contributed by atoms with E-state index in [0.717, 1.165) is 23.7 Å². The van der Waals surface area contributed by atoms with E-state index in [1.165, 1.54) is 5.56 Å². The molecule has 0 unspecified atom stereocenters. The molecule has 0 saturated carbocycles. The van der Waals surface area contributed by atoms with Crippen LogP contribution in [0.5, 0.6) is 0 Å². The smallest absolute Gasteiger partial charge is 0.253 e. The second-order valence-electron chi connectivity index (χ2n) is 6.12. The van der Waals surface area contributed by atoms with Crippen molar-refractivity contribution >= 4 is 28.2 Å². The van der Waals surface area contributed by atoms with Crippen molar-refractivity contribution in [3.8, 4) is 0 Å². The number of thiocarbonyl (C=S) groups is 1. The second kappa shape index (κ2) is 10.3. The summed E-state index contributed by atoms with van der Waals surface area (Å²) >= 11 is 5.42. The molecule has 142 valence electrons. The zero-order valence-corrected chi connectivity index (χ0v) is 16.2. The lowest BCUT2D eigenvalue weighted by atomic mass is 10.1. The van der Waals surface area contributed by atoms with E-state index in [1.54, 1.807) is 7.11 Å². The molecule has 0 aliphatic heterocycles. The van der Waals surface area contributed by atoms with E-state index in [4.69, 9.17) is 17.0 Å². The van der Waals surface area contributed by atoms with E-state index in [-0.39, 0.29) is 12.2 Å². The Bertz CT molecular complexity index is 791. The van der Waals surface area contributed by atoms with Gasteiger partial charge in [-0.2, -0.15) is 0 Å². The minimum Gasteiger partial charge on any atom is -0.395 e. The average molecular weight is 378 g/mol. The summed E-state index contributed by atoms with van der Waals surface area (Å²) < 4.78 is 5.02. The Labute approximate surface area is 159 Å². The molecule has 0 amide bonds. The third-order valence-electron chi connectivity index (χ3n) is 4.21. The highest BCUT2D eigenvalue weighted by Crippen LogP contribution is 2.15. The number of H-pyrrole nitrogens is 1. The number of rotatable bonds is 9. The number of pyridine rings is 1. The zero-order chi connectivity index (χ0) is 18.9. The van der Waals surface area contributed by atoms with Crippen molar-refractivity contribution in [1.82, 2.24) is 15.2 Å². The van der Waals surface area contributed by atoms with Crippen LogP contribution in [-0.4, -0.2) is 53.5 Å². The molecule has 1 aromatic heterocycles. The normalized spacial score (nSPS) is 10.9. The van der Waals surface area contributed by atoms with Crippen LogP contribution in [0.1, 0.15) is 24.5 Å². The first-order valence-corrected chi connectivity index (χ1v) is 9.27. The average Bonchev–Trinajstić information content (AvgIpc) is 2.64. The summed E-state index contributed by atoms with van der Waals surface area (Å²) in [6.07, 6.45) is 1.77. The van der Waals surface area contributed by atoms with Crippen molar-refractivity contribution in [1.29, 1.82) is 0 Å². The molecule has 1 heterocycles. The van der Waals surface area contributed by atoms with Gasteiger partial charge in [0.15, 0.2) is 5.11 Å². The Morgan fingerprint density at radius 1 is 1.38 bits per heavy atom. The molecule has 0 aliphatic rings. The number of ether oxygens (including phenoxy) is 1. The third-order valence-corrected chi connectivity index (χ3v) is 4.62. The Morgan fingerprint density at radius 2 is 2.19 bits per heavy atom.